The molecule has 0 aromatic heterocycles. The summed E-state index contributed by atoms with van der Waals surface area (Å²) in [4.78, 5) is 37.0. The Bertz CT molecular complexity index is 1000. The molecule has 3 N–H and O–H groups in total. The molecule has 2 aliphatic rings. The lowest BCUT2D eigenvalue weighted by Crippen LogP contribution is -2.64. The number of carboxylic acid groups (broad SMARTS) is 1. The third-order valence-corrected chi connectivity index (χ3v) is 6.54. The van der Waals surface area contributed by atoms with Crippen LogP contribution in [0.25, 0.3) is 11.1 Å². The van der Waals surface area contributed by atoms with Gasteiger partial charge in [0.05, 0.1) is 0 Å². The second-order valence-corrected chi connectivity index (χ2v) is 8.53. The van der Waals surface area contributed by atoms with E-state index >= 15 is 0 Å². The van der Waals surface area contributed by atoms with Crippen LogP contribution in [0, 0.1) is 0 Å². The van der Waals surface area contributed by atoms with E-state index in [1.165, 1.54) is 7.11 Å². The molecule has 33 heavy (non-hydrogen) atoms. The predicted molar refractivity (Wildman–Crippen MR) is 121 cm³/mol. The first-order valence-corrected chi connectivity index (χ1v) is 11.1. The van der Waals surface area contributed by atoms with Crippen molar-refractivity contribution in [1.29, 1.82) is 0 Å². The van der Waals surface area contributed by atoms with Crippen LogP contribution in [0.15, 0.2) is 48.5 Å². The van der Waals surface area contributed by atoms with Gasteiger partial charge in [0.2, 0.25) is 5.91 Å². The number of carbonyl (C=O) groups excluding carboxylic acids is 2. The van der Waals surface area contributed by atoms with Gasteiger partial charge in [-0.25, -0.2) is 9.59 Å². The molecular weight excluding hydrogens is 424 g/mol. The summed E-state index contributed by atoms with van der Waals surface area (Å²) in [5, 5.41) is 14.6. The highest BCUT2D eigenvalue weighted by atomic mass is 16.5. The third kappa shape index (κ3) is 4.57. The van der Waals surface area contributed by atoms with Gasteiger partial charge in [-0.3, -0.25) is 4.79 Å². The molecule has 0 saturated heterocycles. The van der Waals surface area contributed by atoms with Crippen molar-refractivity contribution in [1.82, 2.24) is 10.6 Å². The number of hydrogen-bond acceptors (Lipinski definition) is 5. The molecule has 2 aromatic carbocycles. The Morgan fingerprint density at radius 3 is 2.18 bits per heavy atom. The number of rotatable bonds is 9. The van der Waals surface area contributed by atoms with E-state index in [2.05, 4.69) is 22.8 Å². The van der Waals surface area contributed by atoms with E-state index in [4.69, 9.17) is 9.47 Å². The number of nitrogens with one attached hydrogen (secondary N) is 2. The van der Waals surface area contributed by atoms with Gasteiger partial charge in [-0.15, -0.1) is 0 Å². The number of ether oxygens (including phenoxy) is 2. The molecule has 174 valence electrons. The number of carboxylic acids is 1. The Hall–Kier alpha value is -3.39. The lowest BCUT2D eigenvalue weighted by Gasteiger charge is -2.40. The average molecular weight is 453 g/mol. The van der Waals surface area contributed by atoms with Gasteiger partial charge in [0.1, 0.15) is 18.2 Å². The van der Waals surface area contributed by atoms with Gasteiger partial charge in [-0.05, 0) is 41.5 Å². The van der Waals surface area contributed by atoms with Gasteiger partial charge in [0.25, 0.3) is 0 Å². The van der Waals surface area contributed by atoms with Crippen LogP contribution in [-0.2, 0) is 19.1 Å². The quantitative estimate of drug-likeness (QED) is 0.539. The van der Waals surface area contributed by atoms with E-state index in [-0.39, 0.29) is 25.6 Å². The molecule has 8 nitrogen and oxygen atoms in total. The molecule has 0 radical (unpaired) electrons. The first-order valence-electron chi connectivity index (χ1n) is 11.1. The van der Waals surface area contributed by atoms with Gasteiger partial charge < -0.3 is 25.2 Å². The van der Waals surface area contributed by atoms with Crippen LogP contribution >= 0.6 is 0 Å². The van der Waals surface area contributed by atoms with E-state index in [9.17, 15) is 19.5 Å². The van der Waals surface area contributed by atoms with Crippen molar-refractivity contribution in [3.05, 3.63) is 59.7 Å². The fourth-order valence-corrected chi connectivity index (χ4v) is 4.56. The van der Waals surface area contributed by atoms with E-state index in [1.54, 1.807) is 0 Å². The Balaban J connectivity index is 1.40. The minimum Gasteiger partial charge on any atom is -0.480 e. The summed E-state index contributed by atoms with van der Waals surface area (Å²) in [6, 6.07) is 15.0. The highest BCUT2D eigenvalue weighted by Crippen LogP contribution is 2.44. The zero-order chi connectivity index (χ0) is 23.4. The summed E-state index contributed by atoms with van der Waals surface area (Å²) in [6.07, 6.45) is 1.07. The maximum atomic E-state index is 12.9. The monoisotopic (exact) mass is 452 g/mol. The smallest absolute Gasteiger partial charge is 0.408 e. The van der Waals surface area contributed by atoms with Crippen LogP contribution < -0.4 is 10.6 Å². The van der Waals surface area contributed by atoms with Crippen molar-refractivity contribution in [3.8, 4) is 11.1 Å². The molecule has 1 atom stereocenters. The fourth-order valence-electron chi connectivity index (χ4n) is 4.56. The molecule has 0 spiro atoms. The molecule has 1 saturated carbocycles. The van der Waals surface area contributed by atoms with E-state index in [0.717, 1.165) is 28.7 Å². The summed E-state index contributed by atoms with van der Waals surface area (Å²) >= 11 is 0. The molecule has 4 rings (SSSR count). The number of fused-ring (bicyclic) bond motifs is 3. The minimum absolute atomic E-state index is 0.0836. The van der Waals surface area contributed by atoms with Crippen LogP contribution in [0.3, 0.4) is 0 Å². The van der Waals surface area contributed by atoms with Crippen LogP contribution in [-0.4, -0.2) is 55.0 Å². The summed E-state index contributed by atoms with van der Waals surface area (Å²) in [5.74, 6) is -1.73. The van der Waals surface area contributed by atoms with Crippen molar-refractivity contribution in [2.24, 2.45) is 0 Å². The molecule has 1 unspecified atom stereocenters. The van der Waals surface area contributed by atoms with Crippen molar-refractivity contribution < 1.29 is 29.0 Å². The number of aliphatic carboxylic acids is 1. The molecule has 2 amide bonds. The summed E-state index contributed by atoms with van der Waals surface area (Å²) < 4.78 is 10.5. The molecule has 1 fully saturated rings. The minimum atomic E-state index is -1.15. The van der Waals surface area contributed by atoms with Crippen LogP contribution in [0.2, 0.25) is 0 Å². The zero-order valence-corrected chi connectivity index (χ0v) is 18.5. The maximum Gasteiger partial charge on any atom is 0.408 e. The standard InChI is InChI=1S/C25H28N2O6/c1-32-14-11-21(22(28)29)26-23(30)25(12-6-13-25)27-24(31)33-15-20-18-9-4-2-7-16(18)17-8-3-5-10-19(17)20/h2-5,7-10,20-21H,6,11-15H2,1H3,(H,26,30)(H,27,31)(H,28,29). The molecule has 8 heteroatoms. The highest BCUT2D eigenvalue weighted by Gasteiger charge is 2.47. The molecule has 0 aliphatic heterocycles. The maximum absolute atomic E-state index is 12.9. The first kappa shape index (κ1) is 22.8. The SMILES string of the molecule is COCCC(NC(=O)C1(NC(=O)OCC2c3ccccc3-c3ccccc32)CCC1)C(=O)O. The van der Waals surface area contributed by atoms with Crippen LogP contribution in [0.4, 0.5) is 4.79 Å². The number of hydrogen-bond donors (Lipinski definition) is 3. The molecule has 2 aliphatic carbocycles. The first-order chi connectivity index (χ1) is 15.9. The zero-order valence-electron chi connectivity index (χ0n) is 18.5. The lowest BCUT2D eigenvalue weighted by molar-refractivity contribution is -0.144. The number of carbonyl (C=O) groups is 3. The van der Waals surface area contributed by atoms with E-state index in [1.807, 2.05) is 36.4 Å². The van der Waals surface area contributed by atoms with Gasteiger partial charge in [-0.1, -0.05) is 48.5 Å². The molecule has 2 aromatic rings. The van der Waals surface area contributed by atoms with E-state index in [0.29, 0.717) is 12.8 Å². The predicted octanol–water partition coefficient (Wildman–Crippen LogP) is 3.05. The summed E-state index contributed by atoms with van der Waals surface area (Å²) in [5.41, 5.74) is 3.32. The Morgan fingerprint density at radius 2 is 1.67 bits per heavy atom. The second-order valence-electron chi connectivity index (χ2n) is 8.53. The largest absolute Gasteiger partial charge is 0.480 e. The van der Waals surface area contributed by atoms with E-state index < -0.39 is 29.6 Å². The van der Waals surface area contributed by atoms with Gasteiger partial charge in [-0.2, -0.15) is 0 Å². The Labute approximate surface area is 192 Å². The lowest BCUT2D eigenvalue weighted by atomic mass is 9.76. The van der Waals surface area contributed by atoms with Crippen LogP contribution in [0.1, 0.15) is 42.7 Å². The average Bonchev–Trinajstić information content (AvgIpc) is 3.11. The third-order valence-electron chi connectivity index (χ3n) is 6.54. The fraction of sp³-hybridized carbons (Fsp3) is 0.400. The number of amides is 2. The molecule has 0 bridgehead atoms. The highest BCUT2D eigenvalue weighted by molar-refractivity contribution is 5.93. The van der Waals surface area contributed by atoms with Gasteiger partial charge >= 0.3 is 12.1 Å². The summed E-state index contributed by atoms with van der Waals surface area (Å²) in [7, 11) is 1.47. The Kier molecular flexibility index (Phi) is 6.65. The molecular formula is C25H28N2O6. The number of alkyl carbamates (subject to hydrolysis) is 1. The Morgan fingerprint density at radius 1 is 1.06 bits per heavy atom. The normalized spacial score (nSPS) is 16.6. The number of benzene rings is 2. The topological polar surface area (TPSA) is 114 Å². The summed E-state index contributed by atoms with van der Waals surface area (Å²) in [6.45, 7) is 0.340. The van der Waals surface area contributed by atoms with Gasteiger partial charge in [0, 0.05) is 26.1 Å². The van der Waals surface area contributed by atoms with Crippen LogP contribution in [0.5, 0.6) is 0 Å². The van der Waals surface area contributed by atoms with Crippen molar-refractivity contribution in [3.63, 3.8) is 0 Å². The van der Waals surface area contributed by atoms with Crippen molar-refractivity contribution >= 4 is 18.0 Å². The van der Waals surface area contributed by atoms with Gasteiger partial charge in [0.15, 0.2) is 0 Å². The molecule has 0 heterocycles. The van der Waals surface area contributed by atoms with Crippen molar-refractivity contribution in [2.75, 3.05) is 20.3 Å². The van der Waals surface area contributed by atoms with Crippen molar-refractivity contribution in [2.45, 2.75) is 43.2 Å². The second kappa shape index (κ2) is 9.62. The number of methoxy groups -OCH3 is 1.